The maximum absolute atomic E-state index is 11.4. The molecule has 0 amide bonds. The Kier molecular flexibility index (Phi) is 10.1. The molecule has 2 heterocycles. The van der Waals surface area contributed by atoms with E-state index in [1.165, 1.54) is 0 Å². The van der Waals surface area contributed by atoms with Crippen molar-refractivity contribution in [1.29, 1.82) is 0 Å². The smallest absolute Gasteiger partial charge is 0.329 e. The van der Waals surface area contributed by atoms with Crippen molar-refractivity contribution in [2.45, 2.75) is 62.2 Å². The van der Waals surface area contributed by atoms with Crippen molar-refractivity contribution < 1.29 is 29.3 Å². The normalized spacial score (nSPS) is 23.6. The highest BCUT2D eigenvalue weighted by atomic mass is 32.2. The van der Waals surface area contributed by atoms with Crippen LogP contribution in [-0.2, 0) is 19.1 Å². The molecule has 0 aromatic heterocycles. The first-order chi connectivity index (χ1) is 11.4. The molecule has 2 aliphatic rings. The van der Waals surface area contributed by atoms with Crippen LogP contribution in [0.3, 0.4) is 0 Å². The molecule has 140 valence electrons. The summed E-state index contributed by atoms with van der Waals surface area (Å²) in [5.41, 5.74) is 0. The van der Waals surface area contributed by atoms with Crippen LogP contribution in [0, 0.1) is 0 Å². The van der Waals surface area contributed by atoms with Gasteiger partial charge in [-0.05, 0) is 44.1 Å². The highest BCUT2D eigenvalue weighted by Gasteiger charge is 2.34. The molecule has 2 aliphatic heterocycles. The second-order valence-electron chi connectivity index (χ2n) is 5.89. The number of epoxide rings is 2. The summed E-state index contributed by atoms with van der Waals surface area (Å²) in [4.78, 5) is 20.8. The van der Waals surface area contributed by atoms with E-state index in [0.717, 1.165) is 50.4 Å². The summed E-state index contributed by atoms with van der Waals surface area (Å²) in [6.07, 6.45) is 5.31. The van der Waals surface area contributed by atoms with Gasteiger partial charge in [0.2, 0.25) is 0 Å². The van der Waals surface area contributed by atoms with Gasteiger partial charge in [-0.3, -0.25) is 4.79 Å². The van der Waals surface area contributed by atoms with Gasteiger partial charge in [-0.2, -0.15) is 0 Å². The van der Waals surface area contributed by atoms with E-state index in [2.05, 4.69) is 0 Å². The lowest BCUT2D eigenvalue weighted by Gasteiger charge is -2.23. The molecular formula is C16H28O6S2. The predicted octanol–water partition coefficient (Wildman–Crippen LogP) is 3.09. The number of aliphatic carboxylic acids is 2. The van der Waals surface area contributed by atoms with Crippen LogP contribution in [0.2, 0.25) is 0 Å². The fraction of sp³-hybridized carbons (Fsp3) is 0.875. The quantitative estimate of drug-likeness (QED) is 0.303. The first-order valence-electron chi connectivity index (χ1n) is 8.33. The Bertz CT molecular complexity index is 376. The van der Waals surface area contributed by atoms with E-state index in [1.54, 1.807) is 30.4 Å². The number of carbonyl (C=O) groups is 2. The van der Waals surface area contributed by atoms with Gasteiger partial charge >= 0.3 is 11.9 Å². The molecule has 2 rings (SSSR count). The minimum absolute atomic E-state index is 0.222. The van der Waals surface area contributed by atoms with Crippen molar-refractivity contribution >= 4 is 35.5 Å². The lowest BCUT2D eigenvalue weighted by atomic mass is 10.3. The number of carboxylic acids is 2. The van der Waals surface area contributed by atoms with Gasteiger partial charge in [0.25, 0.3) is 0 Å². The molecule has 2 N–H and O–H groups in total. The van der Waals surface area contributed by atoms with Gasteiger partial charge in [0.05, 0.1) is 25.4 Å². The van der Waals surface area contributed by atoms with Gasteiger partial charge < -0.3 is 19.7 Å². The van der Waals surface area contributed by atoms with Crippen LogP contribution < -0.4 is 0 Å². The average Bonchev–Trinajstić information content (AvgIpc) is 3.43. The number of ether oxygens (including phenoxy) is 2. The van der Waals surface area contributed by atoms with E-state index in [4.69, 9.17) is 14.6 Å². The Morgan fingerprint density at radius 2 is 1.42 bits per heavy atom. The van der Waals surface area contributed by atoms with E-state index < -0.39 is 16.0 Å². The molecule has 0 aliphatic carbocycles. The second kappa shape index (κ2) is 11.2. The molecule has 0 radical (unpaired) electrons. The number of rotatable bonds is 12. The molecule has 2 unspecified atom stereocenters. The minimum atomic E-state index is -0.745. The first-order valence-corrected chi connectivity index (χ1v) is 10.3. The van der Waals surface area contributed by atoms with E-state index in [9.17, 15) is 14.7 Å². The van der Waals surface area contributed by atoms with Crippen LogP contribution in [-0.4, -0.2) is 63.2 Å². The monoisotopic (exact) mass is 380 g/mol. The van der Waals surface area contributed by atoms with Gasteiger partial charge in [-0.15, -0.1) is 23.5 Å². The summed E-state index contributed by atoms with van der Waals surface area (Å²) < 4.78 is 9.59. The van der Waals surface area contributed by atoms with Crippen molar-refractivity contribution in [3.63, 3.8) is 0 Å². The number of thioether (sulfide) groups is 2. The molecule has 6 nitrogen and oxygen atoms in total. The predicted molar refractivity (Wildman–Crippen MR) is 96.8 cm³/mol. The lowest BCUT2D eigenvalue weighted by Crippen LogP contribution is -2.28. The molecule has 2 saturated heterocycles. The topological polar surface area (TPSA) is 99.7 Å². The van der Waals surface area contributed by atoms with E-state index in [0.29, 0.717) is 12.2 Å². The van der Waals surface area contributed by atoms with Crippen LogP contribution in [0.15, 0.2) is 0 Å². The fourth-order valence-corrected chi connectivity index (χ4v) is 4.27. The van der Waals surface area contributed by atoms with Crippen molar-refractivity contribution in [3.05, 3.63) is 0 Å². The third-order valence-corrected chi connectivity index (χ3v) is 6.74. The van der Waals surface area contributed by atoms with Gasteiger partial charge in [0.1, 0.15) is 0 Å². The average molecular weight is 381 g/mol. The molecule has 0 spiro atoms. The van der Waals surface area contributed by atoms with E-state index >= 15 is 0 Å². The standard InChI is InChI=1S/C13H22O4S2.C3H6O2/c1-13(12(14)15,18-6-2-4-10-8-16-10)19-7-3-5-11-9-17-11;1-2-3(4)5/h10-11H,2-9H2,1H3,(H,14,15);2H2,1H3,(H,4,5). The van der Waals surface area contributed by atoms with Crippen molar-refractivity contribution in [2.24, 2.45) is 0 Å². The summed E-state index contributed by atoms with van der Waals surface area (Å²) in [5, 5.41) is 17.1. The number of hydrogen-bond donors (Lipinski definition) is 2. The van der Waals surface area contributed by atoms with Crippen LogP contribution in [0.5, 0.6) is 0 Å². The first kappa shape index (κ1) is 21.6. The Balaban J connectivity index is 0.000000505. The van der Waals surface area contributed by atoms with Crippen LogP contribution in [0.1, 0.15) is 46.0 Å². The molecule has 8 heteroatoms. The largest absolute Gasteiger partial charge is 0.481 e. The summed E-state index contributed by atoms with van der Waals surface area (Å²) in [5.74, 6) is 0.320. The number of carboxylic acid groups (broad SMARTS) is 2. The zero-order valence-corrected chi connectivity index (χ0v) is 16.0. The summed E-state index contributed by atoms with van der Waals surface area (Å²) in [6.45, 7) is 5.20. The fourth-order valence-electron chi connectivity index (χ4n) is 1.79. The summed E-state index contributed by atoms with van der Waals surface area (Å²) in [7, 11) is 0. The molecule has 24 heavy (non-hydrogen) atoms. The van der Waals surface area contributed by atoms with Crippen molar-refractivity contribution in [2.75, 3.05) is 24.7 Å². The molecule has 0 saturated carbocycles. The SMILES string of the molecule is CC(SCCCC1CO1)(SCCCC1CO1)C(=O)O.CCC(=O)O. The Labute approximate surface area is 152 Å². The zero-order chi connectivity index (χ0) is 18.0. The van der Waals surface area contributed by atoms with Gasteiger partial charge in [-0.25, -0.2) is 4.79 Å². The minimum Gasteiger partial charge on any atom is -0.481 e. The molecule has 0 bridgehead atoms. The van der Waals surface area contributed by atoms with Gasteiger partial charge in [-0.1, -0.05) is 6.92 Å². The van der Waals surface area contributed by atoms with Crippen LogP contribution >= 0.6 is 23.5 Å². The molecular weight excluding hydrogens is 352 g/mol. The van der Waals surface area contributed by atoms with Crippen LogP contribution in [0.4, 0.5) is 0 Å². The Morgan fingerprint density at radius 1 is 1.04 bits per heavy atom. The third-order valence-electron chi connectivity index (χ3n) is 3.59. The summed E-state index contributed by atoms with van der Waals surface area (Å²) in [6, 6.07) is 0. The highest BCUT2D eigenvalue weighted by molar-refractivity contribution is 8.19. The summed E-state index contributed by atoms with van der Waals surface area (Å²) >= 11 is 3.11. The van der Waals surface area contributed by atoms with Crippen molar-refractivity contribution in [1.82, 2.24) is 0 Å². The van der Waals surface area contributed by atoms with Gasteiger partial charge in [0.15, 0.2) is 4.08 Å². The maximum Gasteiger partial charge on any atom is 0.329 e. The molecule has 0 aromatic carbocycles. The molecule has 2 atom stereocenters. The lowest BCUT2D eigenvalue weighted by molar-refractivity contribution is -0.137. The second-order valence-corrected chi connectivity index (χ2v) is 9.18. The highest BCUT2D eigenvalue weighted by Crippen LogP contribution is 2.39. The Hall–Kier alpha value is -0.440. The number of hydrogen-bond acceptors (Lipinski definition) is 6. The van der Waals surface area contributed by atoms with Crippen molar-refractivity contribution in [3.8, 4) is 0 Å². The van der Waals surface area contributed by atoms with E-state index in [1.807, 2.05) is 6.92 Å². The molecule has 2 fully saturated rings. The maximum atomic E-state index is 11.4. The van der Waals surface area contributed by atoms with Gasteiger partial charge in [0, 0.05) is 6.42 Å². The van der Waals surface area contributed by atoms with Crippen LogP contribution in [0.25, 0.3) is 0 Å². The van der Waals surface area contributed by atoms with E-state index in [-0.39, 0.29) is 6.42 Å². The Morgan fingerprint density at radius 3 is 1.67 bits per heavy atom. The molecule has 0 aromatic rings. The zero-order valence-electron chi connectivity index (χ0n) is 14.4. The third kappa shape index (κ3) is 10.4.